The number of hydrogen-bond donors (Lipinski definition) is 2. The van der Waals surface area contributed by atoms with E-state index >= 15 is 0 Å². The lowest BCUT2D eigenvalue weighted by atomic mass is 10.2. The highest BCUT2D eigenvalue weighted by Crippen LogP contribution is 2.17. The Morgan fingerprint density at radius 1 is 1.38 bits per heavy atom. The molecule has 0 spiro atoms. The summed E-state index contributed by atoms with van der Waals surface area (Å²) in [5.74, 6) is 0.137. The normalized spacial score (nSPS) is 11.0. The highest BCUT2D eigenvalue weighted by molar-refractivity contribution is 7.10. The SMILES string of the molecule is Cc1cc(C(=O)NCc2cc(C=CC(=O)O)cs2)c(C)o1. The maximum absolute atomic E-state index is 12.0. The van der Waals surface area contributed by atoms with Crippen molar-refractivity contribution < 1.29 is 19.1 Å². The molecule has 2 N–H and O–H groups in total. The first-order valence-electron chi connectivity index (χ1n) is 6.29. The summed E-state index contributed by atoms with van der Waals surface area (Å²) in [6.45, 7) is 3.94. The Morgan fingerprint density at radius 2 is 2.14 bits per heavy atom. The molecule has 2 aromatic heterocycles. The van der Waals surface area contributed by atoms with Crippen LogP contribution in [0.2, 0.25) is 0 Å². The summed E-state index contributed by atoms with van der Waals surface area (Å²) in [6, 6.07) is 3.55. The number of carbonyl (C=O) groups excluding carboxylic acids is 1. The van der Waals surface area contributed by atoms with Crippen LogP contribution in [-0.4, -0.2) is 17.0 Å². The number of thiophene rings is 1. The average Bonchev–Trinajstić information content (AvgIpc) is 3.00. The van der Waals surface area contributed by atoms with Crippen molar-refractivity contribution in [2.75, 3.05) is 0 Å². The van der Waals surface area contributed by atoms with E-state index in [1.807, 2.05) is 11.4 Å². The van der Waals surface area contributed by atoms with Crippen molar-refractivity contribution in [1.82, 2.24) is 5.32 Å². The molecule has 0 saturated heterocycles. The Bertz CT molecular complexity index is 696. The van der Waals surface area contributed by atoms with Crippen LogP contribution in [0.1, 0.15) is 32.3 Å². The Balaban J connectivity index is 1.95. The second-order valence-electron chi connectivity index (χ2n) is 4.53. The van der Waals surface area contributed by atoms with Gasteiger partial charge in [-0.25, -0.2) is 4.79 Å². The minimum Gasteiger partial charge on any atom is -0.478 e. The minimum absolute atomic E-state index is 0.180. The first-order chi connectivity index (χ1) is 9.95. The zero-order chi connectivity index (χ0) is 15.4. The van der Waals surface area contributed by atoms with E-state index in [1.165, 1.54) is 17.4 Å². The second-order valence-corrected chi connectivity index (χ2v) is 5.52. The van der Waals surface area contributed by atoms with Crippen molar-refractivity contribution in [1.29, 1.82) is 0 Å². The largest absolute Gasteiger partial charge is 0.478 e. The third-order valence-corrected chi connectivity index (χ3v) is 3.76. The molecule has 2 aromatic rings. The fraction of sp³-hybridized carbons (Fsp3) is 0.200. The predicted molar refractivity (Wildman–Crippen MR) is 80.3 cm³/mol. The molecule has 0 saturated carbocycles. The molecule has 0 fully saturated rings. The molecule has 0 atom stereocenters. The Morgan fingerprint density at radius 3 is 2.76 bits per heavy atom. The number of furan rings is 1. The standard InChI is InChI=1S/C15H15NO4S/c1-9-5-13(10(2)20-9)15(19)16-7-12-6-11(8-21-12)3-4-14(17)18/h3-6,8H,7H2,1-2H3,(H,16,19)(H,17,18). The van der Waals surface area contributed by atoms with Crippen molar-refractivity contribution in [3.8, 4) is 0 Å². The van der Waals surface area contributed by atoms with Crippen molar-refractivity contribution in [3.63, 3.8) is 0 Å². The van der Waals surface area contributed by atoms with Crippen molar-refractivity contribution in [2.45, 2.75) is 20.4 Å². The summed E-state index contributed by atoms with van der Waals surface area (Å²) in [6.07, 6.45) is 2.61. The first kappa shape index (κ1) is 15.1. The number of aryl methyl sites for hydroxylation is 2. The van der Waals surface area contributed by atoms with E-state index in [1.54, 1.807) is 19.9 Å². The van der Waals surface area contributed by atoms with Crippen molar-refractivity contribution >= 4 is 29.3 Å². The van der Waals surface area contributed by atoms with Crippen LogP contribution >= 0.6 is 11.3 Å². The van der Waals surface area contributed by atoms with Crippen LogP contribution in [0.25, 0.3) is 6.08 Å². The van der Waals surface area contributed by atoms with Gasteiger partial charge in [0.1, 0.15) is 11.5 Å². The maximum atomic E-state index is 12.0. The lowest BCUT2D eigenvalue weighted by Gasteiger charge is -2.01. The van der Waals surface area contributed by atoms with E-state index < -0.39 is 5.97 Å². The first-order valence-corrected chi connectivity index (χ1v) is 7.17. The third-order valence-electron chi connectivity index (χ3n) is 2.80. The van der Waals surface area contributed by atoms with E-state index in [2.05, 4.69) is 5.32 Å². The highest BCUT2D eigenvalue weighted by atomic mass is 32.1. The van der Waals surface area contributed by atoms with Gasteiger partial charge in [-0.05, 0) is 43.0 Å². The molecular formula is C15H15NO4S. The zero-order valence-corrected chi connectivity index (χ0v) is 12.5. The van der Waals surface area contributed by atoms with E-state index in [9.17, 15) is 9.59 Å². The van der Waals surface area contributed by atoms with Crippen LogP contribution in [0.4, 0.5) is 0 Å². The van der Waals surface area contributed by atoms with Gasteiger partial charge in [0, 0.05) is 11.0 Å². The van der Waals surface area contributed by atoms with Crippen molar-refractivity contribution in [3.05, 3.63) is 51.1 Å². The van der Waals surface area contributed by atoms with Gasteiger partial charge in [0.25, 0.3) is 5.91 Å². The quantitative estimate of drug-likeness (QED) is 0.832. The molecule has 2 rings (SSSR count). The number of carboxylic acids is 1. The van der Waals surface area contributed by atoms with Crippen LogP contribution in [0.3, 0.4) is 0 Å². The van der Waals surface area contributed by atoms with Gasteiger partial charge in [-0.1, -0.05) is 0 Å². The van der Waals surface area contributed by atoms with Gasteiger partial charge in [-0.2, -0.15) is 0 Å². The summed E-state index contributed by atoms with van der Waals surface area (Å²) >= 11 is 1.47. The minimum atomic E-state index is -0.984. The molecule has 0 aliphatic rings. The predicted octanol–water partition coefficient (Wildman–Crippen LogP) is 2.99. The molecule has 0 aromatic carbocycles. The number of carbonyl (C=O) groups is 2. The molecule has 2 heterocycles. The molecule has 0 bridgehead atoms. The molecular weight excluding hydrogens is 290 g/mol. The number of amides is 1. The second kappa shape index (κ2) is 6.41. The molecule has 1 amide bonds. The summed E-state index contributed by atoms with van der Waals surface area (Å²) in [7, 11) is 0. The third kappa shape index (κ3) is 4.06. The van der Waals surface area contributed by atoms with Crippen LogP contribution in [-0.2, 0) is 11.3 Å². The number of carboxylic acid groups (broad SMARTS) is 1. The molecule has 21 heavy (non-hydrogen) atoms. The Hall–Kier alpha value is -2.34. The lowest BCUT2D eigenvalue weighted by Crippen LogP contribution is -2.22. The zero-order valence-electron chi connectivity index (χ0n) is 11.7. The summed E-state index contributed by atoms with van der Waals surface area (Å²) < 4.78 is 5.32. The van der Waals surface area contributed by atoms with E-state index in [-0.39, 0.29) is 5.91 Å². The molecule has 110 valence electrons. The van der Waals surface area contributed by atoms with Crippen LogP contribution < -0.4 is 5.32 Å². The lowest BCUT2D eigenvalue weighted by molar-refractivity contribution is -0.131. The van der Waals surface area contributed by atoms with E-state index in [0.29, 0.717) is 23.6 Å². The highest BCUT2D eigenvalue weighted by Gasteiger charge is 2.13. The topological polar surface area (TPSA) is 79.5 Å². The molecule has 0 aliphatic heterocycles. The number of hydrogen-bond acceptors (Lipinski definition) is 4. The molecule has 0 aliphatic carbocycles. The van der Waals surface area contributed by atoms with Crippen molar-refractivity contribution in [2.24, 2.45) is 0 Å². The van der Waals surface area contributed by atoms with Gasteiger partial charge >= 0.3 is 5.97 Å². The fourth-order valence-electron chi connectivity index (χ4n) is 1.86. The van der Waals surface area contributed by atoms with Crippen LogP contribution in [0, 0.1) is 13.8 Å². The van der Waals surface area contributed by atoms with E-state index in [0.717, 1.165) is 16.5 Å². The Labute approximate surface area is 125 Å². The molecule has 0 radical (unpaired) electrons. The monoisotopic (exact) mass is 305 g/mol. The summed E-state index contributed by atoms with van der Waals surface area (Å²) in [5, 5.41) is 13.2. The van der Waals surface area contributed by atoms with Crippen LogP contribution in [0.5, 0.6) is 0 Å². The maximum Gasteiger partial charge on any atom is 0.328 e. The fourth-order valence-corrected chi connectivity index (χ4v) is 2.66. The number of nitrogens with one attached hydrogen (secondary N) is 1. The Kier molecular flexibility index (Phi) is 4.59. The van der Waals surface area contributed by atoms with Gasteiger partial charge in [0.2, 0.25) is 0 Å². The average molecular weight is 305 g/mol. The summed E-state index contributed by atoms with van der Waals surface area (Å²) in [5.41, 5.74) is 1.34. The van der Waals surface area contributed by atoms with Gasteiger partial charge in [0.05, 0.1) is 12.1 Å². The van der Waals surface area contributed by atoms with Gasteiger partial charge in [0.15, 0.2) is 0 Å². The van der Waals surface area contributed by atoms with Crippen LogP contribution in [0.15, 0.2) is 28.0 Å². The molecule has 5 nitrogen and oxygen atoms in total. The van der Waals surface area contributed by atoms with Gasteiger partial charge in [-0.15, -0.1) is 11.3 Å². The molecule has 6 heteroatoms. The van der Waals surface area contributed by atoms with E-state index in [4.69, 9.17) is 9.52 Å². The summed E-state index contributed by atoms with van der Waals surface area (Å²) in [4.78, 5) is 23.4. The smallest absolute Gasteiger partial charge is 0.328 e. The van der Waals surface area contributed by atoms with Gasteiger partial charge < -0.3 is 14.8 Å². The molecule has 0 unspecified atom stereocenters. The number of aliphatic carboxylic acids is 1. The number of rotatable bonds is 5. The van der Waals surface area contributed by atoms with Gasteiger partial charge in [-0.3, -0.25) is 4.79 Å².